The van der Waals surface area contributed by atoms with Crippen LogP contribution >= 0.6 is 24.0 Å². The van der Waals surface area contributed by atoms with E-state index in [0.717, 1.165) is 48.8 Å². The summed E-state index contributed by atoms with van der Waals surface area (Å²) >= 11 is 0. The third-order valence-electron chi connectivity index (χ3n) is 5.36. The van der Waals surface area contributed by atoms with Gasteiger partial charge in [-0.1, -0.05) is 25.3 Å². The van der Waals surface area contributed by atoms with Gasteiger partial charge in [0, 0.05) is 39.6 Å². The second kappa shape index (κ2) is 14.3. The first-order valence-corrected chi connectivity index (χ1v) is 10.5. The summed E-state index contributed by atoms with van der Waals surface area (Å²) in [4.78, 5) is 18.5. The van der Waals surface area contributed by atoms with Crippen molar-refractivity contribution < 1.29 is 14.3 Å². The largest absolute Gasteiger partial charge is 0.493 e. The molecule has 30 heavy (non-hydrogen) atoms. The van der Waals surface area contributed by atoms with Crippen LogP contribution in [0.3, 0.4) is 0 Å². The molecule has 0 radical (unpaired) electrons. The molecule has 0 aromatic heterocycles. The first kappa shape index (κ1) is 26.3. The maximum Gasteiger partial charge on any atom is 0.221 e. The molecule has 2 N–H and O–H groups in total. The van der Waals surface area contributed by atoms with E-state index in [9.17, 15) is 4.79 Å². The third kappa shape index (κ3) is 8.57. The van der Waals surface area contributed by atoms with Gasteiger partial charge in [0.2, 0.25) is 5.91 Å². The molecule has 8 heteroatoms. The van der Waals surface area contributed by atoms with Gasteiger partial charge in [0.05, 0.1) is 14.2 Å². The number of ether oxygens (including phenoxy) is 2. The first-order chi connectivity index (χ1) is 14.1. The smallest absolute Gasteiger partial charge is 0.221 e. The highest BCUT2D eigenvalue weighted by atomic mass is 127. The zero-order valence-corrected chi connectivity index (χ0v) is 21.0. The van der Waals surface area contributed by atoms with Crippen LogP contribution in [-0.2, 0) is 11.2 Å². The minimum Gasteiger partial charge on any atom is -0.493 e. The fourth-order valence-corrected chi connectivity index (χ4v) is 3.66. The Morgan fingerprint density at radius 1 is 1.17 bits per heavy atom. The fourth-order valence-electron chi connectivity index (χ4n) is 3.66. The third-order valence-corrected chi connectivity index (χ3v) is 5.36. The van der Waals surface area contributed by atoms with Gasteiger partial charge in [-0.2, -0.15) is 0 Å². The Morgan fingerprint density at radius 2 is 1.87 bits per heavy atom. The Bertz CT molecular complexity index is 678. The van der Waals surface area contributed by atoms with Crippen molar-refractivity contribution in [3.63, 3.8) is 0 Å². The second-order valence-electron chi connectivity index (χ2n) is 7.49. The summed E-state index contributed by atoms with van der Waals surface area (Å²) < 4.78 is 10.7. The van der Waals surface area contributed by atoms with Crippen molar-refractivity contribution in [3.8, 4) is 11.5 Å². The Kier molecular flexibility index (Phi) is 12.6. The van der Waals surface area contributed by atoms with E-state index in [1.165, 1.54) is 19.3 Å². The number of hydrogen-bond donors (Lipinski definition) is 2. The number of nitrogens with one attached hydrogen (secondary N) is 2. The molecule has 1 saturated carbocycles. The van der Waals surface area contributed by atoms with Gasteiger partial charge in [0.15, 0.2) is 17.5 Å². The molecule has 0 unspecified atom stereocenters. The molecule has 0 heterocycles. The minimum atomic E-state index is 0. The first-order valence-electron chi connectivity index (χ1n) is 10.5. The maximum absolute atomic E-state index is 12.1. The van der Waals surface area contributed by atoms with Crippen molar-refractivity contribution in [2.45, 2.75) is 51.0 Å². The molecule has 170 valence electrons. The van der Waals surface area contributed by atoms with E-state index in [1.807, 2.05) is 25.2 Å². The van der Waals surface area contributed by atoms with Crippen LogP contribution in [0, 0.1) is 0 Å². The number of rotatable bonds is 9. The van der Waals surface area contributed by atoms with Crippen molar-refractivity contribution in [1.29, 1.82) is 0 Å². The maximum atomic E-state index is 12.1. The van der Waals surface area contributed by atoms with Crippen molar-refractivity contribution in [1.82, 2.24) is 15.5 Å². The molecule has 1 aliphatic rings. The highest BCUT2D eigenvalue weighted by molar-refractivity contribution is 14.0. The van der Waals surface area contributed by atoms with Gasteiger partial charge in [-0.3, -0.25) is 9.79 Å². The lowest BCUT2D eigenvalue weighted by atomic mass is 9.95. The van der Waals surface area contributed by atoms with Crippen molar-refractivity contribution in [2.75, 3.05) is 41.4 Å². The van der Waals surface area contributed by atoms with Crippen LogP contribution in [0.4, 0.5) is 0 Å². The average Bonchev–Trinajstić information content (AvgIpc) is 2.75. The molecule has 0 atom stereocenters. The van der Waals surface area contributed by atoms with Crippen LogP contribution in [0.25, 0.3) is 0 Å². The molecule has 7 nitrogen and oxygen atoms in total. The number of amides is 1. The molecule has 1 fully saturated rings. The summed E-state index contributed by atoms with van der Waals surface area (Å²) in [6, 6.07) is 6.32. The summed E-state index contributed by atoms with van der Waals surface area (Å²) in [6.45, 7) is 1.37. The van der Waals surface area contributed by atoms with Gasteiger partial charge < -0.3 is 25.0 Å². The minimum absolute atomic E-state index is 0. The van der Waals surface area contributed by atoms with Gasteiger partial charge in [-0.15, -0.1) is 24.0 Å². The molecule has 1 amide bonds. The van der Waals surface area contributed by atoms with E-state index < -0.39 is 0 Å². The molecule has 1 aromatic carbocycles. The lowest BCUT2D eigenvalue weighted by Gasteiger charge is -2.24. The molecule has 1 aromatic rings. The zero-order valence-electron chi connectivity index (χ0n) is 18.7. The van der Waals surface area contributed by atoms with E-state index in [-0.39, 0.29) is 29.9 Å². The van der Waals surface area contributed by atoms with Crippen LogP contribution in [0.5, 0.6) is 11.5 Å². The lowest BCUT2D eigenvalue weighted by Crippen LogP contribution is -2.42. The predicted octanol–water partition coefficient (Wildman–Crippen LogP) is 3.21. The number of methoxy groups -OCH3 is 2. The molecule has 0 aliphatic heterocycles. The van der Waals surface area contributed by atoms with Crippen LogP contribution in [-0.4, -0.2) is 64.2 Å². The Labute approximate surface area is 198 Å². The van der Waals surface area contributed by atoms with E-state index in [2.05, 4.69) is 20.5 Å². The van der Waals surface area contributed by atoms with Crippen molar-refractivity contribution in [3.05, 3.63) is 23.8 Å². The summed E-state index contributed by atoms with van der Waals surface area (Å²) in [5, 5.41) is 6.44. The van der Waals surface area contributed by atoms with Crippen LogP contribution in [0.15, 0.2) is 23.2 Å². The fraction of sp³-hybridized carbons (Fsp3) is 0.636. The molecule has 1 aliphatic carbocycles. The summed E-state index contributed by atoms with van der Waals surface area (Å²) in [6.07, 6.45) is 7.26. The summed E-state index contributed by atoms with van der Waals surface area (Å²) in [7, 11) is 7.04. The summed E-state index contributed by atoms with van der Waals surface area (Å²) in [5.74, 6) is 2.37. The Balaban J connectivity index is 0.00000450. The zero-order chi connectivity index (χ0) is 21.1. The predicted molar refractivity (Wildman–Crippen MR) is 132 cm³/mol. The van der Waals surface area contributed by atoms with Gasteiger partial charge in [0.1, 0.15) is 0 Å². The van der Waals surface area contributed by atoms with E-state index >= 15 is 0 Å². The summed E-state index contributed by atoms with van der Waals surface area (Å²) in [5.41, 5.74) is 1.16. The van der Waals surface area contributed by atoms with Gasteiger partial charge in [-0.25, -0.2) is 0 Å². The number of nitrogens with zero attached hydrogens (tertiary/aromatic N) is 2. The van der Waals surface area contributed by atoms with E-state index in [1.54, 1.807) is 21.3 Å². The molecular formula is C22H37IN4O3. The average molecular weight is 532 g/mol. The van der Waals surface area contributed by atoms with E-state index in [4.69, 9.17) is 9.47 Å². The lowest BCUT2D eigenvalue weighted by molar-refractivity contribution is -0.121. The number of carbonyl (C=O) groups excluding carboxylic acids is 1. The normalized spacial score (nSPS) is 14.5. The second-order valence-corrected chi connectivity index (χ2v) is 7.49. The van der Waals surface area contributed by atoms with Crippen LogP contribution < -0.4 is 20.1 Å². The monoisotopic (exact) mass is 532 g/mol. The van der Waals surface area contributed by atoms with Gasteiger partial charge in [0.25, 0.3) is 0 Å². The Morgan fingerprint density at radius 3 is 2.50 bits per heavy atom. The van der Waals surface area contributed by atoms with Crippen LogP contribution in [0.2, 0.25) is 0 Å². The molecule has 0 bridgehead atoms. The number of aliphatic imine (C=N–C) groups is 1. The number of likely N-dealkylation sites (N-methyl/N-ethyl adjacent to an activating group) is 1. The number of guanidine groups is 1. The standard InChI is InChI=1S/C22H36N4O3.HI/c1-23-22(24-14-12-21(27)25-18-8-6-5-7-9-18)26(2)15-13-17-10-11-19(28-3)20(16-17)29-4;/h10-11,16,18H,5-9,12-15H2,1-4H3,(H,23,24)(H,25,27);1H. The quantitative estimate of drug-likeness (QED) is 0.290. The van der Waals surface area contributed by atoms with E-state index in [0.29, 0.717) is 19.0 Å². The molecular weight excluding hydrogens is 495 g/mol. The number of carbonyl (C=O) groups is 1. The number of halogens is 1. The number of hydrogen-bond acceptors (Lipinski definition) is 4. The number of benzene rings is 1. The topological polar surface area (TPSA) is 75.2 Å². The van der Waals surface area contributed by atoms with Gasteiger partial charge >= 0.3 is 0 Å². The van der Waals surface area contributed by atoms with Crippen molar-refractivity contribution in [2.24, 2.45) is 4.99 Å². The highest BCUT2D eigenvalue weighted by Crippen LogP contribution is 2.27. The van der Waals surface area contributed by atoms with Crippen LogP contribution in [0.1, 0.15) is 44.1 Å². The molecule has 2 rings (SSSR count). The molecule has 0 spiro atoms. The van der Waals surface area contributed by atoms with Crippen molar-refractivity contribution >= 4 is 35.8 Å². The van der Waals surface area contributed by atoms with Gasteiger partial charge in [-0.05, 0) is 37.0 Å². The Hall–Kier alpha value is -1.71. The molecule has 0 saturated heterocycles. The highest BCUT2D eigenvalue weighted by Gasteiger charge is 2.15. The SMILES string of the molecule is CN=C(NCCC(=O)NC1CCCCC1)N(C)CCc1ccc(OC)c(OC)c1.I.